The van der Waals surface area contributed by atoms with Gasteiger partial charge in [-0.15, -0.1) is 0 Å². The Bertz CT molecular complexity index is 314. The maximum Gasteiger partial charge on any atom is 0.319 e. The Morgan fingerprint density at radius 2 is 2.38 bits per heavy atom. The Balaban J connectivity index is 2.54. The van der Waals surface area contributed by atoms with E-state index in [1.807, 2.05) is 18.3 Å². The van der Waals surface area contributed by atoms with E-state index in [9.17, 15) is 4.79 Å². The largest absolute Gasteiger partial charge is 0.468 e. The average molecular weight is 222 g/mol. The number of rotatable bonds is 6. The number of nitrogens with zero attached hydrogens (tertiary/aromatic N) is 2. The van der Waals surface area contributed by atoms with Gasteiger partial charge in [0.25, 0.3) is 0 Å². The topological polar surface area (TPSA) is 42.4 Å². The molecule has 0 radical (unpaired) electrons. The van der Waals surface area contributed by atoms with Crippen LogP contribution >= 0.6 is 0 Å². The van der Waals surface area contributed by atoms with Crippen molar-refractivity contribution < 1.29 is 9.53 Å². The number of carbonyl (C=O) groups excluding carboxylic acids is 1. The van der Waals surface area contributed by atoms with Crippen LogP contribution in [0.2, 0.25) is 0 Å². The van der Waals surface area contributed by atoms with E-state index in [2.05, 4.69) is 21.5 Å². The van der Waals surface area contributed by atoms with Crippen molar-refractivity contribution in [3.63, 3.8) is 0 Å². The van der Waals surface area contributed by atoms with Crippen molar-refractivity contribution in [3.05, 3.63) is 30.1 Å². The van der Waals surface area contributed by atoms with Crippen molar-refractivity contribution in [1.82, 2.24) is 9.88 Å². The van der Waals surface area contributed by atoms with Crippen molar-refractivity contribution in [2.75, 3.05) is 20.2 Å². The molecular weight excluding hydrogens is 204 g/mol. The number of hydrogen-bond acceptors (Lipinski definition) is 4. The molecule has 1 aromatic heterocycles. The van der Waals surface area contributed by atoms with E-state index in [1.54, 1.807) is 6.20 Å². The van der Waals surface area contributed by atoms with Gasteiger partial charge in [0.1, 0.15) is 0 Å². The Morgan fingerprint density at radius 1 is 1.56 bits per heavy atom. The molecule has 0 aliphatic carbocycles. The van der Waals surface area contributed by atoms with Gasteiger partial charge in [-0.2, -0.15) is 0 Å². The standard InChI is InChI=1S/C12H18N2O2/c1-3-7-14(10-12(15)16-2)9-11-5-4-6-13-8-11/h4-6,8H,3,7,9-10H2,1-2H3. The predicted octanol–water partition coefficient (Wildman–Crippen LogP) is 1.47. The number of carbonyl (C=O) groups is 1. The van der Waals surface area contributed by atoms with Crippen LogP contribution in [0.4, 0.5) is 0 Å². The van der Waals surface area contributed by atoms with Crippen LogP contribution < -0.4 is 0 Å². The summed E-state index contributed by atoms with van der Waals surface area (Å²) in [7, 11) is 1.41. The van der Waals surface area contributed by atoms with Gasteiger partial charge in [0, 0.05) is 18.9 Å². The highest BCUT2D eigenvalue weighted by Gasteiger charge is 2.10. The molecule has 1 rings (SSSR count). The van der Waals surface area contributed by atoms with Crippen LogP contribution in [0.15, 0.2) is 24.5 Å². The van der Waals surface area contributed by atoms with Gasteiger partial charge in [0.2, 0.25) is 0 Å². The summed E-state index contributed by atoms with van der Waals surface area (Å²) in [6.45, 7) is 4.04. The molecule has 0 unspecified atom stereocenters. The maximum atomic E-state index is 11.2. The number of methoxy groups -OCH3 is 1. The SMILES string of the molecule is CCCN(CC(=O)OC)Cc1cccnc1. The van der Waals surface area contributed by atoms with E-state index in [1.165, 1.54) is 7.11 Å². The molecule has 4 heteroatoms. The lowest BCUT2D eigenvalue weighted by atomic mass is 10.2. The number of hydrogen-bond donors (Lipinski definition) is 0. The molecule has 0 atom stereocenters. The third kappa shape index (κ3) is 4.40. The smallest absolute Gasteiger partial charge is 0.319 e. The number of ether oxygens (including phenoxy) is 1. The molecule has 4 nitrogen and oxygen atoms in total. The van der Waals surface area contributed by atoms with Crippen LogP contribution in [-0.2, 0) is 16.1 Å². The molecule has 0 aromatic carbocycles. The summed E-state index contributed by atoms with van der Waals surface area (Å²) >= 11 is 0. The fraction of sp³-hybridized carbons (Fsp3) is 0.500. The molecule has 88 valence electrons. The van der Waals surface area contributed by atoms with Crippen LogP contribution in [0.25, 0.3) is 0 Å². The molecule has 16 heavy (non-hydrogen) atoms. The van der Waals surface area contributed by atoms with E-state index >= 15 is 0 Å². The summed E-state index contributed by atoms with van der Waals surface area (Å²) in [5.41, 5.74) is 1.11. The number of pyridine rings is 1. The van der Waals surface area contributed by atoms with Gasteiger partial charge >= 0.3 is 5.97 Å². The molecule has 0 saturated heterocycles. The normalized spacial score (nSPS) is 10.4. The van der Waals surface area contributed by atoms with Crippen molar-refractivity contribution in [2.24, 2.45) is 0 Å². The highest BCUT2D eigenvalue weighted by Crippen LogP contribution is 2.03. The fourth-order valence-electron chi connectivity index (χ4n) is 1.53. The minimum absolute atomic E-state index is 0.197. The molecule has 0 saturated carbocycles. The van der Waals surface area contributed by atoms with Crippen molar-refractivity contribution >= 4 is 5.97 Å². The highest BCUT2D eigenvalue weighted by molar-refractivity contribution is 5.71. The molecule has 0 bridgehead atoms. The zero-order valence-corrected chi connectivity index (χ0v) is 9.85. The molecule has 1 aromatic rings. The minimum atomic E-state index is -0.197. The third-order valence-corrected chi connectivity index (χ3v) is 2.25. The Labute approximate surface area is 96.2 Å². The monoisotopic (exact) mass is 222 g/mol. The van der Waals surface area contributed by atoms with Crippen LogP contribution in [-0.4, -0.2) is 36.1 Å². The zero-order chi connectivity index (χ0) is 11.8. The van der Waals surface area contributed by atoms with Crippen LogP contribution in [0.1, 0.15) is 18.9 Å². The first-order valence-electron chi connectivity index (χ1n) is 5.44. The summed E-state index contributed by atoms with van der Waals surface area (Å²) in [5.74, 6) is -0.197. The van der Waals surface area contributed by atoms with E-state index in [0.29, 0.717) is 6.54 Å². The molecule has 0 fully saturated rings. The van der Waals surface area contributed by atoms with Gasteiger partial charge in [-0.3, -0.25) is 14.7 Å². The van der Waals surface area contributed by atoms with Gasteiger partial charge in [-0.05, 0) is 24.6 Å². The first kappa shape index (κ1) is 12.6. The Kier molecular flexibility index (Phi) is 5.50. The molecule has 0 aliphatic rings. The van der Waals surface area contributed by atoms with Gasteiger partial charge in [-0.1, -0.05) is 13.0 Å². The first-order valence-corrected chi connectivity index (χ1v) is 5.44. The summed E-state index contributed by atoms with van der Waals surface area (Å²) in [5, 5.41) is 0. The van der Waals surface area contributed by atoms with Gasteiger partial charge < -0.3 is 4.74 Å². The lowest BCUT2D eigenvalue weighted by molar-refractivity contribution is -0.142. The molecule has 0 aliphatic heterocycles. The van der Waals surface area contributed by atoms with Gasteiger partial charge in [-0.25, -0.2) is 0 Å². The fourth-order valence-corrected chi connectivity index (χ4v) is 1.53. The first-order chi connectivity index (χ1) is 7.76. The lowest BCUT2D eigenvalue weighted by Crippen LogP contribution is -2.30. The predicted molar refractivity (Wildman–Crippen MR) is 61.8 cm³/mol. The molecule has 0 amide bonds. The van der Waals surface area contributed by atoms with Crippen LogP contribution in [0.3, 0.4) is 0 Å². The summed E-state index contributed by atoms with van der Waals surface area (Å²) < 4.78 is 4.67. The highest BCUT2D eigenvalue weighted by atomic mass is 16.5. The second-order valence-electron chi connectivity index (χ2n) is 3.65. The van der Waals surface area contributed by atoms with E-state index in [-0.39, 0.29) is 5.97 Å². The second-order valence-corrected chi connectivity index (χ2v) is 3.65. The van der Waals surface area contributed by atoms with Crippen molar-refractivity contribution in [2.45, 2.75) is 19.9 Å². The number of aromatic nitrogens is 1. The van der Waals surface area contributed by atoms with E-state index in [4.69, 9.17) is 0 Å². The Morgan fingerprint density at radius 3 is 2.94 bits per heavy atom. The summed E-state index contributed by atoms with van der Waals surface area (Å²) in [6.07, 6.45) is 4.57. The third-order valence-electron chi connectivity index (χ3n) is 2.25. The molecule has 0 spiro atoms. The second kappa shape index (κ2) is 6.95. The quantitative estimate of drug-likeness (QED) is 0.683. The van der Waals surface area contributed by atoms with Crippen LogP contribution in [0, 0.1) is 0 Å². The molecule has 0 N–H and O–H groups in total. The van der Waals surface area contributed by atoms with E-state index < -0.39 is 0 Å². The average Bonchev–Trinajstić information content (AvgIpc) is 2.30. The molecular formula is C12H18N2O2. The van der Waals surface area contributed by atoms with Crippen molar-refractivity contribution in [3.8, 4) is 0 Å². The van der Waals surface area contributed by atoms with Gasteiger partial charge in [0.15, 0.2) is 0 Å². The minimum Gasteiger partial charge on any atom is -0.468 e. The summed E-state index contributed by atoms with van der Waals surface area (Å²) in [6, 6.07) is 3.91. The van der Waals surface area contributed by atoms with E-state index in [0.717, 1.165) is 25.1 Å². The zero-order valence-electron chi connectivity index (χ0n) is 9.85. The summed E-state index contributed by atoms with van der Waals surface area (Å²) in [4.78, 5) is 17.3. The lowest BCUT2D eigenvalue weighted by Gasteiger charge is -2.19. The van der Waals surface area contributed by atoms with Crippen LogP contribution in [0.5, 0.6) is 0 Å². The molecule has 1 heterocycles. The number of esters is 1. The van der Waals surface area contributed by atoms with Gasteiger partial charge in [0.05, 0.1) is 13.7 Å². The maximum absolute atomic E-state index is 11.2. The van der Waals surface area contributed by atoms with Crippen molar-refractivity contribution in [1.29, 1.82) is 0 Å². The Hall–Kier alpha value is -1.42.